The molecular formula is C11H11ClFNO2S. The van der Waals surface area contributed by atoms with Gasteiger partial charge >= 0.3 is 0 Å². The molecule has 0 aromatic heterocycles. The largest absolute Gasteiger partial charge is 0.288 e. The summed E-state index contributed by atoms with van der Waals surface area (Å²) in [7, 11) is -2.96. The van der Waals surface area contributed by atoms with E-state index in [1.807, 2.05) is 0 Å². The summed E-state index contributed by atoms with van der Waals surface area (Å²) in [6.07, 6.45) is 1.81. The van der Waals surface area contributed by atoms with E-state index >= 15 is 0 Å². The molecule has 2 rings (SSSR count). The molecule has 1 aromatic carbocycles. The van der Waals surface area contributed by atoms with Crippen molar-refractivity contribution < 1.29 is 12.8 Å². The normalized spacial score (nSPS) is 23.3. The Bertz CT molecular complexity index is 536. The van der Waals surface area contributed by atoms with Crippen LogP contribution in [0.2, 0.25) is 5.02 Å². The molecule has 1 aliphatic heterocycles. The fourth-order valence-corrected chi connectivity index (χ4v) is 3.56. The number of nitrogens with zero attached hydrogens (tertiary/aromatic N) is 1. The van der Waals surface area contributed by atoms with E-state index < -0.39 is 15.7 Å². The summed E-state index contributed by atoms with van der Waals surface area (Å²) in [5.41, 5.74) is 0.207. The van der Waals surface area contributed by atoms with Crippen LogP contribution in [0.1, 0.15) is 12.0 Å². The highest BCUT2D eigenvalue weighted by atomic mass is 35.5. The highest BCUT2D eigenvalue weighted by Crippen LogP contribution is 2.19. The number of sulfone groups is 1. The molecule has 1 fully saturated rings. The van der Waals surface area contributed by atoms with E-state index in [1.165, 1.54) is 18.3 Å². The maximum absolute atomic E-state index is 13.4. The Kier molecular flexibility index (Phi) is 3.49. The Labute approximate surface area is 104 Å². The first kappa shape index (κ1) is 12.5. The molecule has 0 amide bonds. The van der Waals surface area contributed by atoms with Crippen molar-refractivity contribution in [1.29, 1.82) is 0 Å². The molecule has 0 unspecified atom stereocenters. The molecule has 17 heavy (non-hydrogen) atoms. The molecule has 1 aromatic rings. The lowest BCUT2D eigenvalue weighted by Crippen LogP contribution is -2.08. The van der Waals surface area contributed by atoms with E-state index in [9.17, 15) is 12.8 Å². The van der Waals surface area contributed by atoms with Crippen LogP contribution in [0.15, 0.2) is 23.2 Å². The molecule has 1 atom stereocenters. The summed E-state index contributed by atoms with van der Waals surface area (Å²) in [5.74, 6) is -0.266. The summed E-state index contributed by atoms with van der Waals surface area (Å²) < 4.78 is 35.8. The van der Waals surface area contributed by atoms with Crippen molar-refractivity contribution in [1.82, 2.24) is 0 Å². The lowest BCUT2D eigenvalue weighted by atomic mass is 10.2. The van der Waals surface area contributed by atoms with E-state index in [2.05, 4.69) is 4.99 Å². The van der Waals surface area contributed by atoms with Crippen LogP contribution in [0, 0.1) is 5.82 Å². The minimum Gasteiger partial charge on any atom is -0.288 e. The smallest absolute Gasteiger partial charge is 0.152 e. The van der Waals surface area contributed by atoms with Crippen molar-refractivity contribution >= 4 is 27.7 Å². The van der Waals surface area contributed by atoms with Crippen LogP contribution >= 0.6 is 11.6 Å². The molecule has 0 spiro atoms. The van der Waals surface area contributed by atoms with E-state index in [0.717, 1.165) is 0 Å². The van der Waals surface area contributed by atoms with Gasteiger partial charge in [0.2, 0.25) is 0 Å². The first-order valence-electron chi connectivity index (χ1n) is 5.15. The fourth-order valence-electron chi connectivity index (χ4n) is 1.71. The third-order valence-electron chi connectivity index (χ3n) is 2.62. The zero-order valence-electron chi connectivity index (χ0n) is 8.94. The first-order valence-corrected chi connectivity index (χ1v) is 7.35. The molecule has 0 saturated carbocycles. The van der Waals surface area contributed by atoms with Gasteiger partial charge < -0.3 is 0 Å². The molecule has 0 N–H and O–H groups in total. The van der Waals surface area contributed by atoms with E-state index in [4.69, 9.17) is 11.6 Å². The summed E-state index contributed by atoms with van der Waals surface area (Å²) in [5, 5.41) is 0.273. The number of aliphatic imine (C=N–C) groups is 1. The van der Waals surface area contributed by atoms with Crippen molar-refractivity contribution in [2.24, 2.45) is 4.99 Å². The van der Waals surface area contributed by atoms with Gasteiger partial charge in [0, 0.05) is 11.8 Å². The Balaban J connectivity index is 2.17. The second-order valence-electron chi connectivity index (χ2n) is 3.97. The highest BCUT2D eigenvalue weighted by molar-refractivity contribution is 7.91. The zero-order valence-corrected chi connectivity index (χ0v) is 10.5. The summed E-state index contributed by atoms with van der Waals surface area (Å²) >= 11 is 5.82. The van der Waals surface area contributed by atoms with Gasteiger partial charge in [0.15, 0.2) is 9.84 Å². The molecule has 0 bridgehead atoms. The van der Waals surface area contributed by atoms with Gasteiger partial charge in [0.25, 0.3) is 0 Å². The predicted octanol–water partition coefficient (Wildman–Crippen LogP) is 2.09. The Morgan fingerprint density at radius 2 is 2.24 bits per heavy atom. The lowest BCUT2D eigenvalue weighted by molar-refractivity contribution is 0.601. The second-order valence-corrected chi connectivity index (χ2v) is 6.61. The van der Waals surface area contributed by atoms with Crippen LogP contribution in [0.25, 0.3) is 0 Å². The second kappa shape index (κ2) is 4.74. The number of halogens is 2. The molecular weight excluding hydrogens is 265 g/mol. The summed E-state index contributed by atoms with van der Waals surface area (Å²) in [6, 6.07) is 4.08. The minimum absolute atomic E-state index is 0.0373. The fraction of sp³-hybridized carbons (Fsp3) is 0.364. The molecule has 1 aliphatic rings. The third kappa shape index (κ3) is 3.04. The molecule has 1 saturated heterocycles. The van der Waals surface area contributed by atoms with Gasteiger partial charge in [-0.05, 0) is 18.6 Å². The molecule has 0 aliphatic carbocycles. The Morgan fingerprint density at radius 3 is 2.82 bits per heavy atom. The number of rotatable bonds is 2. The standard InChI is InChI=1S/C11H11ClFNO2S/c12-10-2-1-3-11(13)9(10)6-14-8-4-5-17(15,16)7-8/h1-3,6,8H,4-5,7H2/t8-/m1/s1. The van der Waals surface area contributed by atoms with Crippen molar-refractivity contribution in [3.8, 4) is 0 Å². The van der Waals surface area contributed by atoms with Crippen LogP contribution in [0.5, 0.6) is 0 Å². The zero-order chi connectivity index (χ0) is 12.5. The monoisotopic (exact) mass is 275 g/mol. The average Bonchev–Trinajstić information content (AvgIpc) is 2.57. The van der Waals surface area contributed by atoms with Gasteiger partial charge in [-0.1, -0.05) is 17.7 Å². The topological polar surface area (TPSA) is 46.5 Å². The van der Waals surface area contributed by atoms with Crippen molar-refractivity contribution in [2.75, 3.05) is 11.5 Å². The van der Waals surface area contributed by atoms with E-state index in [1.54, 1.807) is 6.07 Å². The van der Waals surface area contributed by atoms with Gasteiger partial charge in [0.1, 0.15) is 5.82 Å². The van der Waals surface area contributed by atoms with E-state index in [-0.39, 0.29) is 28.1 Å². The van der Waals surface area contributed by atoms with E-state index in [0.29, 0.717) is 6.42 Å². The van der Waals surface area contributed by atoms with Crippen LogP contribution < -0.4 is 0 Å². The summed E-state index contributed by atoms with van der Waals surface area (Å²) in [4.78, 5) is 4.08. The van der Waals surface area contributed by atoms with Crippen molar-refractivity contribution in [2.45, 2.75) is 12.5 Å². The Morgan fingerprint density at radius 1 is 1.47 bits per heavy atom. The Hall–Kier alpha value is -0.940. The lowest BCUT2D eigenvalue weighted by Gasteiger charge is -2.02. The van der Waals surface area contributed by atoms with Crippen molar-refractivity contribution in [3.05, 3.63) is 34.6 Å². The van der Waals surface area contributed by atoms with Gasteiger partial charge in [0.05, 0.1) is 22.6 Å². The average molecular weight is 276 g/mol. The van der Waals surface area contributed by atoms with Gasteiger partial charge in [-0.25, -0.2) is 12.8 Å². The van der Waals surface area contributed by atoms with Crippen LogP contribution in [0.3, 0.4) is 0 Å². The molecule has 3 nitrogen and oxygen atoms in total. The quantitative estimate of drug-likeness (QED) is 0.776. The van der Waals surface area contributed by atoms with Crippen LogP contribution in [0.4, 0.5) is 4.39 Å². The first-order chi connectivity index (χ1) is 7.98. The molecule has 6 heteroatoms. The number of benzene rings is 1. The summed E-state index contributed by atoms with van der Waals surface area (Å²) in [6.45, 7) is 0. The molecule has 1 heterocycles. The molecule has 0 radical (unpaired) electrons. The minimum atomic E-state index is -2.96. The number of hydrogen-bond donors (Lipinski definition) is 0. The third-order valence-corrected chi connectivity index (χ3v) is 4.70. The predicted molar refractivity (Wildman–Crippen MR) is 66.1 cm³/mol. The van der Waals surface area contributed by atoms with Crippen LogP contribution in [-0.4, -0.2) is 32.2 Å². The maximum Gasteiger partial charge on any atom is 0.152 e. The van der Waals surface area contributed by atoms with Gasteiger partial charge in [-0.15, -0.1) is 0 Å². The number of hydrogen-bond acceptors (Lipinski definition) is 3. The van der Waals surface area contributed by atoms with Gasteiger partial charge in [-0.2, -0.15) is 0 Å². The molecule has 92 valence electrons. The SMILES string of the molecule is O=S1(=O)CC[C@@H](N=Cc2c(F)cccc2Cl)C1. The van der Waals surface area contributed by atoms with Gasteiger partial charge in [-0.3, -0.25) is 4.99 Å². The highest BCUT2D eigenvalue weighted by Gasteiger charge is 2.26. The maximum atomic E-state index is 13.4. The van der Waals surface area contributed by atoms with Crippen LogP contribution in [-0.2, 0) is 9.84 Å². The van der Waals surface area contributed by atoms with Crippen molar-refractivity contribution in [3.63, 3.8) is 0 Å².